The van der Waals surface area contributed by atoms with Gasteiger partial charge >= 0.3 is 5.69 Å². The summed E-state index contributed by atoms with van der Waals surface area (Å²) in [5, 5.41) is 10.3. The van der Waals surface area contributed by atoms with Crippen molar-refractivity contribution in [2.24, 2.45) is 0 Å². The largest absolute Gasteiger partial charge is 0.483 e. The number of halogens is 1. The van der Waals surface area contributed by atoms with E-state index in [0.717, 1.165) is 25.3 Å². The summed E-state index contributed by atoms with van der Waals surface area (Å²) in [5.41, 5.74) is 2.33. The van der Waals surface area contributed by atoms with E-state index in [0.29, 0.717) is 22.9 Å². The molecule has 4 aromatic rings. The molecule has 0 amide bonds. The maximum atomic E-state index is 14.4. The number of nitrogens with one attached hydrogen (secondary N) is 1. The van der Waals surface area contributed by atoms with Crippen molar-refractivity contribution in [3.8, 4) is 11.4 Å². The van der Waals surface area contributed by atoms with Gasteiger partial charge in [-0.1, -0.05) is 0 Å². The van der Waals surface area contributed by atoms with Crippen LogP contribution in [0, 0.1) is 12.7 Å². The number of nitrogens with zero attached hydrogens (tertiary/aromatic N) is 6. The van der Waals surface area contributed by atoms with Crippen molar-refractivity contribution in [3.63, 3.8) is 0 Å². The fraction of sp³-hybridized carbons (Fsp3) is 0.286. The minimum Gasteiger partial charge on any atom is -0.483 e. The van der Waals surface area contributed by atoms with Crippen molar-refractivity contribution in [2.45, 2.75) is 19.9 Å². The number of hydrogen-bond donors (Lipinski definition) is 2. The number of aryl methyl sites for hydroxylation is 1. The normalized spacial score (nSPS) is 16.1. The first-order valence-electron chi connectivity index (χ1n) is 10.0. The van der Waals surface area contributed by atoms with Gasteiger partial charge in [0.1, 0.15) is 5.65 Å². The van der Waals surface area contributed by atoms with Gasteiger partial charge in [-0.2, -0.15) is 4.98 Å². The molecule has 1 aliphatic rings. The Kier molecular flexibility index (Phi) is 5.82. The lowest BCUT2D eigenvalue weighted by Gasteiger charge is -2.33. The minimum absolute atomic E-state index is 0.186. The third kappa shape index (κ3) is 4.14. The van der Waals surface area contributed by atoms with E-state index in [1.807, 2.05) is 6.07 Å². The smallest absolute Gasteiger partial charge is 0.355 e. The topological polar surface area (TPSA) is 117 Å². The van der Waals surface area contributed by atoms with E-state index in [-0.39, 0.29) is 17.9 Å². The number of aromatic nitrogens is 5. The van der Waals surface area contributed by atoms with Crippen LogP contribution in [0.25, 0.3) is 22.7 Å². The lowest BCUT2D eigenvalue weighted by Crippen LogP contribution is -2.49. The van der Waals surface area contributed by atoms with E-state index >= 15 is 0 Å². The predicted octanol–water partition coefficient (Wildman–Crippen LogP) is 1.35. The molecule has 0 radical (unpaired) electrons. The molecule has 32 heavy (non-hydrogen) atoms. The zero-order chi connectivity index (χ0) is 22.8. The van der Waals surface area contributed by atoms with Gasteiger partial charge in [-0.3, -0.25) is 4.79 Å². The van der Waals surface area contributed by atoms with Gasteiger partial charge < -0.3 is 19.7 Å². The van der Waals surface area contributed by atoms with E-state index in [1.165, 1.54) is 10.5 Å². The second-order valence-electron chi connectivity index (χ2n) is 7.54. The molecule has 1 saturated heterocycles. The van der Waals surface area contributed by atoms with Crippen molar-refractivity contribution in [2.75, 3.05) is 24.5 Å². The molecule has 1 fully saturated rings. The average molecular weight is 439 g/mol. The van der Waals surface area contributed by atoms with Crippen LogP contribution in [-0.2, 0) is 4.79 Å². The second kappa shape index (κ2) is 8.71. The van der Waals surface area contributed by atoms with Crippen LogP contribution in [0.4, 0.5) is 10.1 Å². The Labute approximate surface area is 182 Å². The van der Waals surface area contributed by atoms with Crippen molar-refractivity contribution in [1.29, 1.82) is 0 Å². The SMILES string of the molecule is Cc1cn2cc(-c3nc(=O)n4cc(N5CCN[C@H](C)C5)ccc4n3)cc(F)c2n1.O=CO. The lowest BCUT2D eigenvalue weighted by atomic mass is 10.2. The zero-order valence-electron chi connectivity index (χ0n) is 17.6. The molecule has 166 valence electrons. The summed E-state index contributed by atoms with van der Waals surface area (Å²) in [6.07, 6.45) is 5.17. The molecule has 0 unspecified atom stereocenters. The molecule has 10 nitrogen and oxygen atoms in total. The zero-order valence-corrected chi connectivity index (χ0v) is 17.6. The van der Waals surface area contributed by atoms with Crippen LogP contribution in [0.2, 0.25) is 0 Å². The monoisotopic (exact) mass is 439 g/mol. The van der Waals surface area contributed by atoms with Gasteiger partial charge in [0.25, 0.3) is 6.47 Å². The fourth-order valence-corrected chi connectivity index (χ4v) is 3.79. The molecular weight excluding hydrogens is 417 g/mol. The molecule has 0 aromatic carbocycles. The highest BCUT2D eigenvalue weighted by atomic mass is 19.1. The van der Waals surface area contributed by atoms with Gasteiger partial charge in [-0.25, -0.2) is 23.6 Å². The first-order chi connectivity index (χ1) is 15.4. The van der Waals surface area contributed by atoms with Gasteiger partial charge in [-0.15, -0.1) is 0 Å². The number of rotatable bonds is 2. The van der Waals surface area contributed by atoms with Gasteiger partial charge in [-0.05, 0) is 32.0 Å². The summed E-state index contributed by atoms with van der Waals surface area (Å²) in [5.74, 6) is -0.298. The van der Waals surface area contributed by atoms with Crippen molar-refractivity contribution in [3.05, 3.63) is 58.8 Å². The first kappa shape index (κ1) is 21.4. The lowest BCUT2D eigenvalue weighted by molar-refractivity contribution is -0.122. The van der Waals surface area contributed by atoms with Crippen molar-refractivity contribution in [1.82, 2.24) is 29.1 Å². The van der Waals surface area contributed by atoms with Gasteiger partial charge in [0.05, 0.1) is 11.4 Å². The molecule has 1 atom stereocenters. The molecule has 0 aliphatic carbocycles. The summed E-state index contributed by atoms with van der Waals surface area (Å²) in [6.45, 7) is 6.30. The van der Waals surface area contributed by atoms with E-state index in [1.54, 1.807) is 36.0 Å². The van der Waals surface area contributed by atoms with Gasteiger partial charge in [0.2, 0.25) is 0 Å². The first-order valence-corrected chi connectivity index (χ1v) is 10.0. The highest BCUT2D eigenvalue weighted by molar-refractivity contribution is 5.61. The quantitative estimate of drug-likeness (QED) is 0.450. The Morgan fingerprint density at radius 2 is 2.00 bits per heavy atom. The highest BCUT2D eigenvalue weighted by Gasteiger charge is 2.17. The Morgan fingerprint density at radius 1 is 1.22 bits per heavy atom. The summed E-state index contributed by atoms with van der Waals surface area (Å²) in [4.78, 5) is 36.0. The van der Waals surface area contributed by atoms with Crippen molar-refractivity contribution < 1.29 is 14.3 Å². The molecule has 5 rings (SSSR count). The Balaban J connectivity index is 0.000000775. The Hall–Kier alpha value is -3.86. The molecule has 0 saturated carbocycles. The second-order valence-corrected chi connectivity index (χ2v) is 7.54. The minimum atomic E-state index is -0.484. The number of carboxylic acid groups (broad SMARTS) is 1. The van der Waals surface area contributed by atoms with Crippen LogP contribution < -0.4 is 15.9 Å². The van der Waals surface area contributed by atoms with Gasteiger partial charge in [0.15, 0.2) is 17.3 Å². The molecule has 11 heteroatoms. The fourth-order valence-electron chi connectivity index (χ4n) is 3.79. The van der Waals surface area contributed by atoms with Gasteiger partial charge in [0, 0.05) is 49.8 Å². The Morgan fingerprint density at radius 3 is 2.75 bits per heavy atom. The molecule has 4 aromatic heterocycles. The Bertz CT molecular complexity index is 1350. The van der Waals surface area contributed by atoms with Crippen LogP contribution in [0.3, 0.4) is 0 Å². The number of piperazine rings is 1. The van der Waals surface area contributed by atoms with E-state index in [2.05, 4.69) is 32.1 Å². The number of fused-ring (bicyclic) bond motifs is 2. The standard InChI is InChI=1S/C20H20FN7O.CH2O2/c1-12-8-26(6-5-22-12)15-3-4-17-24-18(25-20(29)28(17)11-15)14-7-16(21)19-23-13(2)9-27(19)10-14;2-1-3/h3-4,7,9-12,22H,5-6,8H2,1-2H3;1H,(H,2,3)/t12-;/m1./s1. The predicted molar refractivity (Wildman–Crippen MR) is 117 cm³/mol. The van der Waals surface area contributed by atoms with E-state index in [4.69, 9.17) is 9.90 Å². The highest BCUT2D eigenvalue weighted by Crippen LogP contribution is 2.21. The summed E-state index contributed by atoms with van der Waals surface area (Å²) in [6, 6.07) is 5.44. The van der Waals surface area contributed by atoms with E-state index in [9.17, 15) is 9.18 Å². The molecule has 0 spiro atoms. The van der Waals surface area contributed by atoms with Crippen LogP contribution in [0.15, 0.2) is 41.6 Å². The summed E-state index contributed by atoms with van der Waals surface area (Å²) >= 11 is 0. The van der Waals surface area contributed by atoms with Crippen molar-refractivity contribution >= 4 is 23.5 Å². The number of pyridine rings is 2. The molecule has 0 bridgehead atoms. The molecular formula is C21H22FN7O3. The van der Waals surface area contributed by atoms with Crippen LogP contribution in [0.1, 0.15) is 12.6 Å². The molecule has 5 heterocycles. The summed E-state index contributed by atoms with van der Waals surface area (Å²) in [7, 11) is 0. The third-order valence-electron chi connectivity index (χ3n) is 5.16. The maximum absolute atomic E-state index is 14.4. The maximum Gasteiger partial charge on any atom is 0.355 e. The number of carbonyl (C=O) groups is 1. The van der Waals surface area contributed by atoms with E-state index < -0.39 is 11.5 Å². The third-order valence-corrected chi connectivity index (χ3v) is 5.16. The molecule has 2 N–H and O–H groups in total. The average Bonchev–Trinajstić information content (AvgIpc) is 3.15. The number of anilines is 1. The number of hydrogen-bond acceptors (Lipinski definition) is 7. The van der Waals surface area contributed by atoms with Crippen LogP contribution in [-0.4, -0.2) is 61.0 Å². The van der Waals surface area contributed by atoms with Crippen LogP contribution in [0.5, 0.6) is 0 Å². The number of imidazole rings is 1. The molecule has 1 aliphatic heterocycles. The van der Waals surface area contributed by atoms with Crippen LogP contribution >= 0.6 is 0 Å². The summed E-state index contributed by atoms with van der Waals surface area (Å²) < 4.78 is 17.4.